The quantitative estimate of drug-likeness (QED) is 0.941. The van der Waals surface area contributed by atoms with Crippen LogP contribution in [0.2, 0.25) is 5.02 Å². The Balaban J connectivity index is 2.39. The van der Waals surface area contributed by atoms with E-state index in [2.05, 4.69) is 9.88 Å². The number of nitrogens with one attached hydrogen (secondary N) is 1. The van der Waals surface area contributed by atoms with E-state index in [1.165, 1.54) is 12.1 Å². The fraction of sp³-hybridized carbons (Fsp3) is 0.182. The number of halogens is 1. The maximum atomic E-state index is 12.1. The zero-order valence-corrected chi connectivity index (χ0v) is 11.3. The summed E-state index contributed by atoms with van der Waals surface area (Å²) in [6.45, 7) is 3.37. The van der Waals surface area contributed by atoms with Crippen molar-refractivity contribution in [2.75, 3.05) is 4.72 Å². The fourth-order valence-electron chi connectivity index (χ4n) is 1.47. The van der Waals surface area contributed by atoms with Crippen LogP contribution in [0.3, 0.4) is 0 Å². The van der Waals surface area contributed by atoms with Crippen LogP contribution in [0.5, 0.6) is 0 Å². The highest BCUT2D eigenvalue weighted by molar-refractivity contribution is 7.92. The summed E-state index contributed by atoms with van der Waals surface area (Å²) in [5, 5.41) is 3.94. The third kappa shape index (κ3) is 2.65. The second-order valence-corrected chi connectivity index (χ2v) is 5.93. The van der Waals surface area contributed by atoms with E-state index in [0.29, 0.717) is 16.3 Å². The number of sulfonamides is 1. The van der Waals surface area contributed by atoms with Crippen LogP contribution in [0.25, 0.3) is 0 Å². The molecule has 0 unspecified atom stereocenters. The minimum absolute atomic E-state index is 0.121. The van der Waals surface area contributed by atoms with Gasteiger partial charge in [-0.15, -0.1) is 0 Å². The van der Waals surface area contributed by atoms with E-state index in [-0.39, 0.29) is 10.7 Å². The molecule has 0 atom stereocenters. The van der Waals surface area contributed by atoms with Crippen LogP contribution in [-0.4, -0.2) is 13.6 Å². The summed E-state index contributed by atoms with van der Waals surface area (Å²) in [5.74, 6) is 0.669. The molecule has 0 saturated carbocycles. The molecule has 0 bridgehead atoms. The molecule has 0 radical (unpaired) electrons. The Morgan fingerprint density at radius 2 is 2.00 bits per heavy atom. The molecule has 0 fully saturated rings. The van der Waals surface area contributed by atoms with Gasteiger partial charge in [0.05, 0.1) is 4.90 Å². The number of anilines is 1. The van der Waals surface area contributed by atoms with Crippen molar-refractivity contribution in [3.05, 3.63) is 40.6 Å². The lowest BCUT2D eigenvalue weighted by Gasteiger charge is -2.08. The van der Waals surface area contributed by atoms with E-state index in [1.54, 1.807) is 26.0 Å². The van der Waals surface area contributed by atoms with Crippen LogP contribution < -0.4 is 4.72 Å². The van der Waals surface area contributed by atoms with Crippen LogP contribution in [0, 0.1) is 13.8 Å². The van der Waals surface area contributed by atoms with Gasteiger partial charge in [0, 0.05) is 11.1 Å². The zero-order valence-electron chi connectivity index (χ0n) is 9.77. The molecule has 7 heteroatoms. The molecule has 1 heterocycles. The summed E-state index contributed by atoms with van der Waals surface area (Å²) in [5.41, 5.74) is 0.604. The Morgan fingerprint density at radius 3 is 2.61 bits per heavy atom. The van der Waals surface area contributed by atoms with Gasteiger partial charge in [-0.2, -0.15) is 0 Å². The summed E-state index contributed by atoms with van der Waals surface area (Å²) in [4.78, 5) is 0.121. The molecule has 0 aliphatic rings. The van der Waals surface area contributed by atoms with E-state index in [4.69, 9.17) is 16.1 Å². The van der Waals surface area contributed by atoms with Crippen LogP contribution >= 0.6 is 11.6 Å². The Labute approximate surface area is 110 Å². The lowest BCUT2D eigenvalue weighted by Crippen LogP contribution is -2.14. The molecule has 0 saturated heterocycles. The fourth-order valence-corrected chi connectivity index (χ4v) is 2.96. The highest BCUT2D eigenvalue weighted by Crippen LogP contribution is 2.22. The van der Waals surface area contributed by atoms with Crippen LogP contribution in [-0.2, 0) is 10.0 Å². The Kier molecular flexibility index (Phi) is 3.32. The highest BCUT2D eigenvalue weighted by atomic mass is 35.5. The first-order chi connectivity index (χ1) is 8.38. The van der Waals surface area contributed by atoms with Gasteiger partial charge in [-0.05, 0) is 31.5 Å². The van der Waals surface area contributed by atoms with Gasteiger partial charge < -0.3 is 4.52 Å². The van der Waals surface area contributed by atoms with Crippen LogP contribution in [0.1, 0.15) is 11.3 Å². The Morgan fingerprint density at radius 1 is 1.28 bits per heavy atom. The third-order valence-electron chi connectivity index (χ3n) is 2.31. The predicted molar refractivity (Wildman–Crippen MR) is 68.2 cm³/mol. The molecule has 2 rings (SSSR count). The summed E-state index contributed by atoms with van der Waals surface area (Å²) >= 11 is 5.80. The van der Waals surface area contributed by atoms with Crippen molar-refractivity contribution in [3.63, 3.8) is 0 Å². The first-order valence-corrected chi connectivity index (χ1v) is 6.97. The second kappa shape index (κ2) is 4.62. The predicted octanol–water partition coefficient (Wildman–Crippen LogP) is 2.75. The van der Waals surface area contributed by atoms with Crippen molar-refractivity contribution in [2.24, 2.45) is 0 Å². The number of hydrogen-bond acceptors (Lipinski definition) is 4. The first-order valence-electron chi connectivity index (χ1n) is 5.11. The van der Waals surface area contributed by atoms with E-state index < -0.39 is 10.0 Å². The molecular weight excluding hydrogens is 276 g/mol. The van der Waals surface area contributed by atoms with Crippen molar-refractivity contribution < 1.29 is 12.9 Å². The Hall–Kier alpha value is -1.53. The summed E-state index contributed by atoms with van der Waals surface area (Å²) in [7, 11) is -3.71. The van der Waals surface area contributed by atoms with E-state index >= 15 is 0 Å². The Bertz CT molecular complexity index is 679. The van der Waals surface area contributed by atoms with Gasteiger partial charge in [0.15, 0.2) is 5.82 Å². The summed E-state index contributed by atoms with van der Waals surface area (Å²) in [6, 6.07) is 6.17. The molecule has 18 heavy (non-hydrogen) atoms. The maximum Gasteiger partial charge on any atom is 0.263 e. The van der Waals surface area contributed by atoms with Gasteiger partial charge in [0.25, 0.3) is 10.0 Å². The molecule has 5 nitrogen and oxygen atoms in total. The van der Waals surface area contributed by atoms with Crippen molar-refractivity contribution in [1.29, 1.82) is 0 Å². The maximum absolute atomic E-state index is 12.1. The van der Waals surface area contributed by atoms with E-state index in [0.717, 1.165) is 0 Å². The normalized spacial score (nSPS) is 11.5. The summed E-state index contributed by atoms with van der Waals surface area (Å²) in [6.07, 6.45) is 0. The molecule has 2 aromatic rings. The minimum atomic E-state index is -3.71. The average molecular weight is 287 g/mol. The van der Waals surface area contributed by atoms with Crippen molar-refractivity contribution in [2.45, 2.75) is 18.7 Å². The number of benzene rings is 1. The van der Waals surface area contributed by atoms with Crippen molar-refractivity contribution in [3.8, 4) is 0 Å². The number of hydrogen-bond donors (Lipinski definition) is 1. The number of aryl methyl sites for hydroxylation is 2. The first kappa shape index (κ1) is 12.9. The van der Waals surface area contributed by atoms with Gasteiger partial charge in [-0.1, -0.05) is 22.8 Å². The number of aromatic nitrogens is 1. The molecule has 0 aliphatic carbocycles. The van der Waals surface area contributed by atoms with Gasteiger partial charge >= 0.3 is 0 Å². The second-order valence-electron chi connectivity index (χ2n) is 3.84. The van der Waals surface area contributed by atoms with E-state index in [1.807, 2.05) is 0 Å². The van der Waals surface area contributed by atoms with Crippen molar-refractivity contribution in [1.82, 2.24) is 5.16 Å². The molecule has 0 spiro atoms. The smallest absolute Gasteiger partial charge is 0.263 e. The SMILES string of the molecule is Cc1cc(NS(=O)(=O)c2cc(Cl)ccc2C)no1. The van der Waals surface area contributed by atoms with Crippen LogP contribution in [0.15, 0.2) is 33.7 Å². The van der Waals surface area contributed by atoms with Crippen molar-refractivity contribution >= 4 is 27.4 Å². The standard InChI is InChI=1S/C11H11ClN2O3S/c1-7-3-4-9(12)6-10(7)18(15,16)14-11-5-8(2)17-13-11/h3-6H,1-2H3,(H,13,14). The zero-order chi connectivity index (χ0) is 13.3. The minimum Gasteiger partial charge on any atom is -0.360 e. The molecule has 1 aromatic heterocycles. The topological polar surface area (TPSA) is 72.2 Å². The molecule has 96 valence electrons. The van der Waals surface area contributed by atoms with Gasteiger partial charge in [-0.25, -0.2) is 8.42 Å². The third-order valence-corrected chi connectivity index (χ3v) is 4.04. The van der Waals surface area contributed by atoms with Gasteiger partial charge in [0.1, 0.15) is 5.76 Å². The van der Waals surface area contributed by atoms with Gasteiger partial charge in [0.2, 0.25) is 0 Å². The highest BCUT2D eigenvalue weighted by Gasteiger charge is 2.18. The molecule has 0 aliphatic heterocycles. The molecular formula is C11H11ClN2O3S. The molecule has 1 N–H and O–H groups in total. The van der Waals surface area contributed by atoms with E-state index in [9.17, 15) is 8.42 Å². The number of nitrogens with zero attached hydrogens (tertiary/aromatic N) is 1. The van der Waals surface area contributed by atoms with Gasteiger partial charge in [-0.3, -0.25) is 4.72 Å². The average Bonchev–Trinajstić information content (AvgIpc) is 2.66. The molecule has 0 amide bonds. The summed E-state index contributed by atoms with van der Waals surface area (Å²) < 4.78 is 31.4. The lowest BCUT2D eigenvalue weighted by atomic mass is 10.2. The van der Waals surface area contributed by atoms with Crippen LogP contribution in [0.4, 0.5) is 5.82 Å². The monoisotopic (exact) mass is 286 g/mol. The number of rotatable bonds is 3. The largest absolute Gasteiger partial charge is 0.360 e. The lowest BCUT2D eigenvalue weighted by molar-refractivity contribution is 0.400. The molecule has 1 aromatic carbocycles.